The number of hydrogen-bond donors (Lipinski definition) is 1. The molecule has 3 aliphatic carbocycles. The van der Waals surface area contributed by atoms with Gasteiger partial charge in [-0.3, -0.25) is 9.59 Å². The number of aryl methyl sites for hydroxylation is 1. The topological polar surface area (TPSA) is 55.4 Å². The van der Waals surface area contributed by atoms with Gasteiger partial charge in [0.15, 0.2) is 5.78 Å². The molecule has 1 amide bonds. The zero-order valence-electron chi connectivity index (χ0n) is 15.6. The Hall–Kier alpha value is -2.04. The van der Waals surface area contributed by atoms with Gasteiger partial charge in [0.1, 0.15) is 12.4 Å². The third kappa shape index (κ3) is 3.76. The molecule has 2 bridgehead atoms. The lowest BCUT2D eigenvalue weighted by molar-refractivity contribution is -0.162. The summed E-state index contributed by atoms with van der Waals surface area (Å²) in [6, 6.07) is 12.2. The number of benzene rings is 2. The molecule has 2 aromatic carbocycles. The Bertz CT molecular complexity index is 920. The molecular weight excluding hydrogens is 397 g/mol. The molecule has 0 saturated heterocycles. The minimum absolute atomic E-state index is 0.0314. The molecule has 0 unspecified atom stereocenters. The van der Waals surface area contributed by atoms with Gasteiger partial charge in [0.2, 0.25) is 0 Å². The van der Waals surface area contributed by atoms with Crippen molar-refractivity contribution < 1.29 is 14.3 Å². The van der Waals surface area contributed by atoms with E-state index in [1.807, 2.05) is 13.0 Å². The van der Waals surface area contributed by atoms with Crippen LogP contribution in [0.25, 0.3) is 0 Å². The highest BCUT2D eigenvalue weighted by Gasteiger charge is 2.68. The second-order valence-electron chi connectivity index (χ2n) is 8.19. The Kier molecular flexibility index (Phi) is 4.88. The smallest absolute Gasteiger partial charge is 0.251 e. The first-order valence-electron chi connectivity index (χ1n) is 9.27. The van der Waals surface area contributed by atoms with Crippen molar-refractivity contribution in [3.05, 3.63) is 63.6 Å². The van der Waals surface area contributed by atoms with Crippen LogP contribution in [0.3, 0.4) is 0 Å². The summed E-state index contributed by atoms with van der Waals surface area (Å²) in [6.45, 7) is 1.96. The summed E-state index contributed by atoms with van der Waals surface area (Å²) < 4.78 is 5.60. The van der Waals surface area contributed by atoms with E-state index in [1.54, 1.807) is 36.4 Å². The van der Waals surface area contributed by atoms with Gasteiger partial charge < -0.3 is 10.1 Å². The van der Waals surface area contributed by atoms with E-state index in [9.17, 15) is 9.59 Å². The number of halogens is 2. The predicted octanol–water partition coefficient (Wildman–Crippen LogP) is 4.99. The number of carbonyl (C=O) groups excluding carboxylic acids is 2. The van der Waals surface area contributed by atoms with Gasteiger partial charge in [-0.25, -0.2) is 0 Å². The average molecular weight is 418 g/mol. The van der Waals surface area contributed by atoms with Crippen LogP contribution in [0.1, 0.15) is 41.6 Å². The average Bonchev–Trinajstić information content (AvgIpc) is 2.60. The molecule has 3 fully saturated rings. The van der Waals surface area contributed by atoms with E-state index in [-0.39, 0.29) is 29.3 Å². The van der Waals surface area contributed by atoms with Gasteiger partial charge in [-0.2, -0.15) is 0 Å². The van der Waals surface area contributed by atoms with Crippen LogP contribution in [-0.2, 0) is 4.79 Å². The maximum atomic E-state index is 12.4. The number of ether oxygens (including phenoxy) is 1. The predicted molar refractivity (Wildman–Crippen MR) is 109 cm³/mol. The Balaban J connectivity index is 1.24. The molecule has 5 rings (SSSR count). The SMILES string of the molecule is Cc1cc(OCC(=O)CC23CC(NC(=O)c4ccc(Cl)cc4)(C2)C3)ccc1Cl. The molecular formula is C22H21Cl2NO3. The second kappa shape index (κ2) is 7.09. The molecule has 2 aromatic rings. The Labute approximate surface area is 174 Å². The lowest BCUT2D eigenvalue weighted by Gasteiger charge is -2.70. The molecule has 28 heavy (non-hydrogen) atoms. The van der Waals surface area contributed by atoms with Crippen molar-refractivity contribution in [1.29, 1.82) is 0 Å². The number of rotatable bonds is 7. The van der Waals surface area contributed by atoms with Crippen molar-refractivity contribution in [3.8, 4) is 5.75 Å². The monoisotopic (exact) mass is 417 g/mol. The molecule has 146 valence electrons. The number of amides is 1. The van der Waals surface area contributed by atoms with Gasteiger partial charge in [-0.15, -0.1) is 0 Å². The normalized spacial score (nSPS) is 24.7. The molecule has 3 saturated carbocycles. The van der Waals surface area contributed by atoms with E-state index < -0.39 is 0 Å². The maximum Gasteiger partial charge on any atom is 0.251 e. The van der Waals surface area contributed by atoms with Crippen LogP contribution >= 0.6 is 23.2 Å². The number of nitrogens with one attached hydrogen (secondary N) is 1. The van der Waals surface area contributed by atoms with Crippen LogP contribution in [0.5, 0.6) is 5.75 Å². The fourth-order valence-corrected chi connectivity index (χ4v) is 4.82. The van der Waals surface area contributed by atoms with Gasteiger partial charge >= 0.3 is 0 Å². The van der Waals surface area contributed by atoms with Crippen LogP contribution in [-0.4, -0.2) is 23.8 Å². The van der Waals surface area contributed by atoms with Crippen molar-refractivity contribution in [1.82, 2.24) is 5.32 Å². The highest BCUT2D eigenvalue weighted by Crippen LogP contribution is 2.69. The molecule has 0 aromatic heterocycles. The van der Waals surface area contributed by atoms with Crippen LogP contribution in [0.4, 0.5) is 0 Å². The highest BCUT2D eigenvalue weighted by molar-refractivity contribution is 6.31. The standard InChI is InChI=1S/C22H21Cl2NO3/c1-14-8-18(6-7-19(14)24)28-10-17(26)9-21-11-22(12-21,13-21)25-20(27)15-2-4-16(23)5-3-15/h2-8H,9-13H2,1H3,(H,25,27). The Morgan fingerprint density at radius 3 is 2.39 bits per heavy atom. The summed E-state index contributed by atoms with van der Waals surface area (Å²) in [6.07, 6.45) is 3.06. The summed E-state index contributed by atoms with van der Waals surface area (Å²) in [4.78, 5) is 24.7. The van der Waals surface area contributed by atoms with Gasteiger partial charge in [-0.05, 0) is 79.6 Å². The summed E-state index contributed by atoms with van der Waals surface area (Å²) in [5.41, 5.74) is 1.41. The summed E-state index contributed by atoms with van der Waals surface area (Å²) >= 11 is 11.9. The second-order valence-corrected chi connectivity index (χ2v) is 9.03. The fourth-order valence-electron chi connectivity index (χ4n) is 4.57. The summed E-state index contributed by atoms with van der Waals surface area (Å²) in [5, 5.41) is 4.41. The molecule has 3 aliphatic rings. The Morgan fingerprint density at radius 1 is 1.07 bits per heavy atom. The van der Waals surface area contributed by atoms with Crippen LogP contribution < -0.4 is 10.1 Å². The van der Waals surface area contributed by atoms with Gasteiger partial charge in [0.25, 0.3) is 5.91 Å². The lowest BCUT2D eigenvalue weighted by Crippen LogP contribution is -2.75. The number of hydrogen-bond acceptors (Lipinski definition) is 3. The first-order valence-corrected chi connectivity index (χ1v) is 10.0. The number of Topliss-reactive ketones (excluding diaryl/α,β-unsaturated/α-hetero) is 1. The minimum atomic E-state index is -0.148. The maximum absolute atomic E-state index is 12.4. The zero-order valence-corrected chi connectivity index (χ0v) is 17.1. The van der Waals surface area contributed by atoms with Crippen molar-refractivity contribution >= 4 is 34.9 Å². The Morgan fingerprint density at radius 2 is 1.75 bits per heavy atom. The number of carbonyl (C=O) groups is 2. The van der Waals surface area contributed by atoms with Crippen LogP contribution in [0, 0.1) is 12.3 Å². The molecule has 0 spiro atoms. The van der Waals surface area contributed by atoms with Gasteiger partial charge in [0, 0.05) is 27.6 Å². The number of ketones is 1. The van der Waals surface area contributed by atoms with Crippen LogP contribution in [0.2, 0.25) is 10.0 Å². The van der Waals surface area contributed by atoms with Gasteiger partial charge in [0.05, 0.1) is 0 Å². The molecule has 0 atom stereocenters. The van der Waals surface area contributed by atoms with Crippen molar-refractivity contribution in [3.63, 3.8) is 0 Å². The van der Waals surface area contributed by atoms with Crippen LogP contribution in [0.15, 0.2) is 42.5 Å². The molecule has 6 heteroatoms. The van der Waals surface area contributed by atoms with Gasteiger partial charge in [-0.1, -0.05) is 23.2 Å². The quantitative estimate of drug-likeness (QED) is 0.689. The first-order chi connectivity index (χ1) is 13.3. The van der Waals surface area contributed by atoms with E-state index in [0.29, 0.717) is 27.8 Å². The third-order valence-corrected chi connectivity index (χ3v) is 6.40. The molecule has 4 nitrogen and oxygen atoms in total. The van der Waals surface area contributed by atoms with E-state index >= 15 is 0 Å². The van der Waals surface area contributed by atoms with E-state index in [0.717, 1.165) is 24.8 Å². The largest absolute Gasteiger partial charge is 0.486 e. The highest BCUT2D eigenvalue weighted by atomic mass is 35.5. The van der Waals surface area contributed by atoms with Crippen molar-refractivity contribution in [2.24, 2.45) is 5.41 Å². The minimum Gasteiger partial charge on any atom is -0.486 e. The van der Waals surface area contributed by atoms with E-state index in [4.69, 9.17) is 27.9 Å². The fraction of sp³-hybridized carbons (Fsp3) is 0.364. The first kappa shape index (κ1) is 19.3. The van der Waals surface area contributed by atoms with Crippen molar-refractivity contribution in [2.75, 3.05) is 6.61 Å². The lowest BCUT2D eigenvalue weighted by atomic mass is 9.38. The molecule has 0 heterocycles. The molecule has 1 N–H and O–H groups in total. The molecule has 0 aliphatic heterocycles. The third-order valence-electron chi connectivity index (χ3n) is 5.73. The van der Waals surface area contributed by atoms with E-state index in [1.165, 1.54) is 0 Å². The van der Waals surface area contributed by atoms with Crippen molar-refractivity contribution in [2.45, 2.75) is 38.1 Å². The molecule has 0 radical (unpaired) electrons. The van der Waals surface area contributed by atoms with E-state index in [2.05, 4.69) is 5.32 Å². The summed E-state index contributed by atoms with van der Waals surface area (Å²) in [5.74, 6) is 0.655. The zero-order chi connectivity index (χ0) is 19.9. The summed E-state index contributed by atoms with van der Waals surface area (Å²) in [7, 11) is 0.